The van der Waals surface area contributed by atoms with E-state index in [-0.39, 0.29) is 34.8 Å². The highest BCUT2D eigenvalue weighted by Gasteiger charge is 2.20. The highest BCUT2D eigenvalue weighted by molar-refractivity contribution is 6.15. The number of nitrogens with zero attached hydrogens (tertiary/aromatic N) is 1. The molecule has 142 valence electrons. The predicted molar refractivity (Wildman–Crippen MR) is 99.5 cm³/mol. The number of hydrogen-bond donors (Lipinski definition) is 2. The highest BCUT2D eigenvalue weighted by atomic mass is 16.5. The van der Waals surface area contributed by atoms with Crippen molar-refractivity contribution in [2.45, 2.75) is 13.3 Å². The van der Waals surface area contributed by atoms with Crippen LogP contribution in [0.4, 0.5) is 5.69 Å². The molecule has 0 aliphatic heterocycles. The molecule has 0 aliphatic carbocycles. The molecule has 2 aromatic carbocycles. The molecule has 0 saturated heterocycles. The Morgan fingerprint density at radius 1 is 1.04 bits per heavy atom. The third-order valence-electron chi connectivity index (χ3n) is 4.19. The molecular weight excluding hydrogens is 350 g/mol. The van der Waals surface area contributed by atoms with Crippen molar-refractivity contribution < 1.29 is 29.3 Å². The van der Waals surface area contributed by atoms with E-state index in [1.807, 2.05) is 11.8 Å². The first kappa shape index (κ1) is 20.0. The molecule has 0 spiro atoms. The molecule has 27 heavy (non-hydrogen) atoms. The molecule has 0 fully saturated rings. The Morgan fingerprint density at radius 3 is 2.26 bits per heavy atom. The van der Waals surface area contributed by atoms with Crippen LogP contribution in [-0.4, -0.2) is 48.1 Å². The van der Waals surface area contributed by atoms with E-state index in [1.165, 1.54) is 37.4 Å². The first-order valence-electron chi connectivity index (χ1n) is 8.40. The van der Waals surface area contributed by atoms with Crippen molar-refractivity contribution in [3.8, 4) is 5.75 Å². The van der Waals surface area contributed by atoms with Crippen molar-refractivity contribution in [1.29, 1.82) is 0 Å². The maximum absolute atomic E-state index is 12.7. The smallest absolute Gasteiger partial charge is 0.336 e. The van der Waals surface area contributed by atoms with Gasteiger partial charge in [-0.3, -0.25) is 9.59 Å². The van der Waals surface area contributed by atoms with Gasteiger partial charge in [-0.15, -0.1) is 0 Å². The van der Waals surface area contributed by atoms with Gasteiger partial charge in [0.2, 0.25) is 0 Å². The number of phenolic OH excluding ortho intramolecular Hbond substituents is 1. The van der Waals surface area contributed by atoms with Gasteiger partial charge in [-0.05, 0) is 25.1 Å². The van der Waals surface area contributed by atoms with Crippen molar-refractivity contribution in [3.05, 3.63) is 59.2 Å². The number of methoxy groups -OCH3 is 1. The number of hydrogen-bond acceptors (Lipinski definition) is 6. The Bertz CT molecular complexity index is 861. The minimum atomic E-state index is -1.21. The number of aromatic hydroxyl groups is 1. The molecule has 0 radical (unpaired) electrons. The Kier molecular flexibility index (Phi) is 6.54. The average Bonchev–Trinajstić information content (AvgIpc) is 2.67. The summed E-state index contributed by atoms with van der Waals surface area (Å²) >= 11 is 0. The summed E-state index contributed by atoms with van der Waals surface area (Å²) < 4.78 is 4.63. The quantitative estimate of drug-likeness (QED) is 0.543. The fourth-order valence-corrected chi connectivity index (χ4v) is 2.72. The molecule has 0 bridgehead atoms. The van der Waals surface area contributed by atoms with Gasteiger partial charge in [-0.25, -0.2) is 4.79 Å². The number of phenols is 1. The zero-order valence-corrected chi connectivity index (χ0v) is 15.1. The number of carboxylic acids is 1. The molecule has 0 saturated carbocycles. The van der Waals surface area contributed by atoms with Gasteiger partial charge in [0.1, 0.15) is 5.75 Å². The number of anilines is 1. The summed E-state index contributed by atoms with van der Waals surface area (Å²) in [5.74, 6) is -2.38. The first-order chi connectivity index (χ1) is 12.9. The van der Waals surface area contributed by atoms with Crippen LogP contribution in [-0.2, 0) is 9.53 Å². The molecule has 7 nitrogen and oxygen atoms in total. The van der Waals surface area contributed by atoms with E-state index < -0.39 is 11.8 Å². The van der Waals surface area contributed by atoms with Crippen LogP contribution in [0.5, 0.6) is 5.75 Å². The molecule has 2 aromatic rings. The van der Waals surface area contributed by atoms with Crippen molar-refractivity contribution in [2.75, 3.05) is 25.1 Å². The van der Waals surface area contributed by atoms with E-state index >= 15 is 0 Å². The molecule has 7 heteroatoms. The monoisotopic (exact) mass is 371 g/mol. The molecule has 0 atom stereocenters. The second kappa shape index (κ2) is 8.84. The molecule has 0 aliphatic rings. The number of ether oxygens (including phenoxy) is 1. The van der Waals surface area contributed by atoms with E-state index in [4.69, 9.17) is 0 Å². The number of ketones is 1. The molecule has 0 amide bonds. The lowest BCUT2D eigenvalue weighted by Gasteiger charge is -2.23. The van der Waals surface area contributed by atoms with Crippen LogP contribution in [0.15, 0.2) is 42.5 Å². The van der Waals surface area contributed by atoms with Crippen molar-refractivity contribution in [1.82, 2.24) is 0 Å². The van der Waals surface area contributed by atoms with Crippen LogP contribution in [0, 0.1) is 0 Å². The number of benzene rings is 2. The number of rotatable bonds is 8. The van der Waals surface area contributed by atoms with Gasteiger partial charge in [-0.2, -0.15) is 0 Å². The second-order valence-electron chi connectivity index (χ2n) is 5.79. The van der Waals surface area contributed by atoms with Gasteiger partial charge in [-0.1, -0.05) is 18.2 Å². The first-order valence-corrected chi connectivity index (χ1v) is 8.40. The third kappa shape index (κ3) is 4.63. The number of esters is 1. The Hall–Kier alpha value is -3.35. The van der Waals surface area contributed by atoms with Crippen LogP contribution in [0.2, 0.25) is 0 Å². The topological polar surface area (TPSA) is 104 Å². The molecule has 0 aromatic heterocycles. The van der Waals surface area contributed by atoms with Crippen LogP contribution < -0.4 is 4.90 Å². The fraction of sp³-hybridized carbons (Fsp3) is 0.250. The number of carboxylic acid groups (broad SMARTS) is 1. The summed E-state index contributed by atoms with van der Waals surface area (Å²) in [5.41, 5.74) is 0.531. The van der Waals surface area contributed by atoms with Crippen molar-refractivity contribution >= 4 is 23.4 Å². The minimum absolute atomic E-state index is 0.00564. The standard InChI is InChI=1S/C20H21NO6/c1-3-21(11-10-18(23)27-2)13-8-9-16(17(22)12-13)19(24)14-6-4-5-7-15(14)20(25)26/h4-9,12,22H,3,10-11H2,1-2H3,(H,25,26). The van der Waals surface area contributed by atoms with E-state index in [9.17, 15) is 24.6 Å². The molecule has 2 N–H and O–H groups in total. The maximum Gasteiger partial charge on any atom is 0.336 e. The number of carbonyl (C=O) groups is 3. The molecule has 0 heterocycles. The SMILES string of the molecule is CCN(CCC(=O)OC)c1ccc(C(=O)c2ccccc2C(=O)O)c(O)c1. The van der Waals surface area contributed by atoms with Gasteiger partial charge in [0.25, 0.3) is 0 Å². The Morgan fingerprint density at radius 2 is 1.70 bits per heavy atom. The molecule has 2 rings (SSSR count). The van der Waals surface area contributed by atoms with Crippen LogP contribution in [0.3, 0.4) is 0 Å². The largest absolute Gasteiger partial charge is 0.507 e. The second-order valence-corrected chi connectivity index (χ2v) is 5.79. The summed E-state index contributed by atoms with van der Waals surface area (Å²) in [5, 5.41) is 19.6. The van der Waals surface area contributed by atoms with E-state index in [2.05, 4.69) is 4.74 Å². The fourth-order valence-electron chi connectivity index (χ4n) is 2.72. The van der Waals surface area contributed by atoms with E-state index in [1.54, 1.807) is 12.1 Å². The number of aromatic carboxylic acids is 1. The average molecular weight is 371 g/mol. The van der Waals surface area contributed by atoms with Gasteiger partial charge in [0.05, 0.1) is 24.7 Å². The summed E-state index contributed by atoms with van der Waals surface area (Å²) in [6.45, 7) is 2.89. The van der Waals surface area contributed by atoms with Crippen molar-refractivity contribution in [3.63, 3.8) is 0 Å². The lowest BCUT2D eigenvalue weighted by Crippen LogP contribution is -2.26. The Labute approximate surface area is 156 Å². The van der Waals surface area contributed by atoms with E-state index in [0.717, 1.165) is 0 Å². The van der Waals surface area contributed by atoms with Gasteiger partial charge in [0, 0.05) is 30.4 Å². The van der Waals surface area contributed by atoms with Crippen LogP contribution >= 0.6 is 0 Å². The minimum Gasteiger partial charge on any atom is -0.507 e. The zero-order valence-electron chi connectivity index (χ0n) is 15.1. The summed E-state index contributed by atoms with van der Waals surface area (Å²) in [7, 11) is 1.32. The van der Waals surface area contributed by atoms with Crippen molar-refractivity contribution in [2.24, 2.45) is 0 Å². The predicted octanol–water partition coefficient (Wildman–Crippen LogP) is 2.71. The summed E-state index contributed by atoms with van der Waals surface area (Å²) in [6, 6.07) is 10.4. The zero-order chi connectivity index (χ0) is 20.0. The lowest BCUT2D eigenvalue weighted by molar-refractivity contribution is -0.140. The lowest BCUT2D eigenvalue weighted by atomic mass is 9.97. The normalized spacial score (nSPS) is 10.3. The van der Waals surface area contributed by atoms with E-state index in [0.29, 0.717) is 18.8 Å². The molecular formula is C20H21NO6. The highest BCUT2D eigenvalue weighted by Crippen LogP contribution is 2.28. The summed E-state index contributed by atoms with van der Waals surface area (Å²) in [4.78, 5) is 37.2. The summed E-state index contributed by atoms with van der Waals surface area (Å²) in [6.07, 6.45) is 0.192. The van der Waals surface area contributed by atoms with Gasteiger partial charge >= 0.3 is 11.9 Å². The third-order valence-corrected chi connectivity index (χ3v) is 4.19. The van der Waals surface area contributed by atoms with Crippen LogP contribution in [0.1, 0.15) is 39.6 Å². The van der Waals surface area contributed by atoms with Gasteiger partial charge in [0.15, 0.2) is 5.78 Å². The number of carbonyl (C=O) groups excluding carboxylic acids is 2. The van der Waals surface area contributed by atoms with Crippen LogP contribution in [0.25, 0.3) is 0 Å². The van der Waals surface area contributed by atoms with Gasteiger partial charge < -0.3 is 19.8 Å². The maximum atomic E-state index is 12.7. The molecule has 0 unspecified atom stereocenters. The Balaban J connectivity index is 2.30.